The van der Waals surface area contributed by atoms with E-state index in [4.69, 9.17) is 4.74 Å². The lowest BCUT2D eigenvalue weighted by molar-refractivity contribution is -0.145. The second kappa shape index (κ2) is 10.0. The van der Waals surface area contributed by atoms with Crippen LogP contribution in [0.4, 0.5) is 21.0 Å². The number of aliphatic carboxylic acids is 1. The van der Waals surface area contributed by atoms with E-state index in [0.717, 1.165) is 5.56 Å². The Morgan fingerprint density at radius 2 is 1.37 bits per heavy atom. The number of amides is 3. The predicted molar refractivity (Wildman–Crippen MR) is 143 cm³/mol. The van der Waals surface area contributed by atoms with Crippen LogP contribution in [0, 0.1) is 0 Å². The smallest absolute Gasteiger partial charge is 0.411 e. The van der Waals surface area contributed by atoms with Gasteiger partial charge in [-0.2, -0.15) is 0 Å². The van der Waals surface area contributed by atoms with E-state index in [0.29, 0.717) is 11.4 Å². The summed E-state index contributed by atoms with van der Waals surface area (Å²) in [6.07, 6.45) is 2.84. The standard InChI is InChI=1S/C30H29N3O5/c1-30(2,21-12-6-3-7-13-21)38-29(37)33-24-18-19-25(33)26(27(34)35)31(20-24)28(36)32(22-14-8-4-9-15-22)23-16-10-5-11-17-23/h3-19,24-26H,20H2,1-2H3,(H,34,35)/t24-,25+,26-/m0/s1. The van der Waals surface area contributed by atoms with Crippen LogP contribution in [-0.4, -0.2) is 57.7 Å². The lowest BCUT2D eigenvalue weighted by Crippen LogP contribution is -2.67. The molecule has 8 heteroatoms. The van der Waals surface area contributed by atoms with Crippen molar-refractivity contribution in [2.45, 2.75) is 37.6 Å². The highest BCUT2D eigenvalue weighted by Gasteiger charge is 2.52. The molecule has 0 radical (unpaired) electrons. The zero-order valence-corrected chi connectivity index (χ0v) is 21.2. The normalized spacial score (nSPS) is 20.2. The monoisotopic (exact) mass is 511 g/mol. The molecule has 3 aromatic rings. The van der Waals surface area contributed by atoms with Gasteiger partial charge in [-0.25, -0.2) is 14.4 Å². The number of hydrogen-bond donors (Lipinski definition) is 1. The Labute approximate surface area is 221 Å². The van der Waals surface area contributed by atoms with Crippen molar-refractivity contribution < 1.29 is 24.2 Å². The number of ether oxygens (including phenoxy) is 1. The Morgan fingerprint density at radius 3 is 1.89 bits per heavy atom. The molecule has 3 aromatic carbocycles. The van der Waals surface area contributed by atoms with Gasteiger partial charge in [-0.15, -0.1) is 0 Å². The molecule has 0 spiro atoms. The summed E-state index contributed by atoms with van der Waals surface area (Å²) in [6, 6.07) is 24.4. The van der Waals surface area contributed by atoms with Crippen LogP contribution in [0.2, 0.25) is 0 Å². The van der Waals surface area contributed by atoms with E-state index in [2.05, 4.69) is 0 Å². The molecule has 8 nitrogen and oxygen atoms in total. The first-order valence-electron chi connectivity index (χ1n) is 12.5. The molecule has 2 heterocycles. The van der Waals surface area contributed by atoms with Crippen molar-refractivity contribution in [3.05, 3.63) is 109 Å². The van der Waals surface area contributed by atoms with Crippen molar-refractivity contribution in [2.75, 3.05) is 11.4 Å². The van der Waals surface area contributed by atoms with E-state index in [1.54, 1.807) is 50.3 Å². The van der Waals surface area contributed by atoms with Gasteiger partial charge in [-0.05, 0) is 43.7 Å². The first kappa shape index (κ1) is 25.1. The summed E-state index contributed by atoms with van der Waals surface area (Å²) in [5.74, 6) is -1.20. The fourth-order valence-corrected chi connectivity index (χ4v) is 5.11. The summed E-state index contributed by atoms with van der Waals surface area (Å²) in [4.78, 5) is 44.4. The minimum atomic E-state index is -1.29. The molecule has 2 bridgehead atoms. The summed E-state index contributed by atoms with van der Waals surface area (Å²) in [6.45, 7) is 3.60. The third-order valence-corrected chi connectivity index (χ3v) is 6.99. The molecule has 3 atom stereocenters. The van der Waals surface area contributed by atoms with Gasteiger partial charge in [0.05, 0.1) is 23.5 Å². The summed E-state index contributed by atoms with van der Waals surface area (Å²) < 4.78 is 5.89. The van der Waals surface area contributed by atoms with Gasteiger partial charge in [0.25, 0.3) is 0 Å². The van der Waals surface area contributed by atoms with E-state index in [-0.39, 0.29) is 6.54 Å². The average Bonchev–Trinajstić information content (AvgIpc) is 3.23. The van der Waals surface area contributed by atoms with Crippen molar-refractivity contribution in [3.8, 4) is 0 Å². The van der Waals surface area contributed by atoms with Crippen molar-refractivity contribution in [1.29, 1.82) is 0 Å². The molecule has 0 unspecified atom stereocenters. The highest BCUT2D eigenvalue weighted by molar-refractivity contribution is 6.01. The van der Waals surface area contributed by atoms with Crippen LogP contribution in [0.1, 0.15) is 19.4 Å². The number of nitrogens with zero attached hydrogens (tertiary/aromatic N) is 3. The van der Waals surface area contributed by atoms with Crippen LogP contribution in [0.15, 0.2) is 103 Å². The van der Waals surface area contributed by atoms with Crippen LogP contribution >= 0.6 is 0 Å². The second-order valence-corrected chi connectivity index (χ2v) is 9.82. The molecule has 0 saturated carbocycles. The van der Waals surface area contributed by atoms with Gasteiger partial charge >= 0.3 is 18.1 Å². The van der Waals surface area contributed by atoms with Crippen molar-refractivity contribution >= 4 is 29.5 Å². The number of para-hydroxylation sites is 2. The molecule has 0 aromatic heterocycles. The molecule has 0 aliphatic carbocycles. The third-order valence-electron chi connectivity index (χ3n) is 6.99. The maximum absolute atomic E-state index is 14.0. The first-order chi connectivity index (χ1) is 18.3. The number of carbonyl (C=O) groups is 3. The zero-order chi connectivity index (χ0) is 26.9. The summed E-state index contributed by atoms with van der Waals surface area (Å²) >= 11 is 0. The minimum Gasteiger partial charge on any atom is -0.480 e. The van der Waals surface area contributed by atoms with E-state index in [9.17, 15) is 19.5 Å². The molecule has 1 N–H and O–H groups in total. The Bertz CT molecular complexity index is 1300. The van der Waals surface area contributed by atoms with Gasteiger partial charge in [0.1, 0.15) is 5.60 Å². The second-order valence-electron chi connectivity index (χ2n) is 9.82. The fraction of sp³-hybridized carbons (Fsp3) is 0.233. The zero-order valence-electron chi connectivity index (χ0n) is 21.2. The predicted octanol–water partition coefficient (Wildman–Crippen LogP) is 5.39. The van der Waals surface area contributed by atoms with Crippen molar-refractivity contribution in [1.82, 2.24) is 9.80 Å². The molecule has 1 fully saturated rings. The maximum Gasteiger partial charge on any atom is 0.411 e. The van der Waals surface area contributed by atoms with Gasteiger partial charge < -0.3 is 14.7 Å². The number of carboxylic acid groups (broad SMARTS) is 1. The number of hydrogen-bond acceptors (Lipinski definition) is 4. The molecular weight excluding hydrogens is 482 g/mol. The molecule has 1 saturated heterocycles. The average molecular weight is 512 g/mol. The number of fused-ring (bicyclic) bond motifs is 2. The van der Waals surface area contributed by atoms with Gasteiger partial charge in [0, 0.05) is 6.54 Å². The number of carboxylic acids is 1. The topological polar surface area (TPSA) is 90.4 Å². The van der Waals surface area contributed by atoms with Crippen molar-refractivity contribution in [3.63, 3.8) is 0 Å². The highest BCUT2D eigenvalue weighted by Crippen LogP contribution is 2.35. The van der Waals surface area contributed by atoms with E-state index >= 15 is 0 Å². The van der Waals surface area contributed by atoms with Crippen LogP contribution in [0.3, 0.4) is 0 Å². The van der Waals surface area contributed by atoms with Gasteiger partial charge in [0.15, 0.2) is 6.04 Å². The van der Waals surface area contributed by atoms with Gasteiger partial charge in [-0.1, -0.05) is 78.9 Å². The van der Waals surface area contributed by atoms with Crippen molar-refractivity contribution in [2.24, 2.45) is 0 Å². The number of benzene rings is 3. The molecule has 2 aliphatic heterocycles. The molecule has 3 amide bonds. The number of piperazine rings is 1. The molecule has 5 rings (SSSR count). The molecule has 194 valence electrons. The van der Waals surface area contributed by atoms with Crippen LogP contribution < -0.4 is 4.90 Å². The van der Waals surface area contributed by atoms with Gasteiger partial charge in [0.2, 0.25) is 0 Å². The Kier molecular flexibility index (Phi) is 6.63. The first-order valence-corrected chi connectivity index (χ1v) is 12.5. The summed E-state index contributed by atoms with van der Waals surface area (Å²) in [7, 11) is 0. The maximum atomic E-state index is 14.0. The summed E-state index contributed by atoms with van der Waals surface area (Å²) in [5, 5.41) is 10.3. The lowest BCUT2D eigenvalue weighted by atomic mass is 9.98. The number of carbonyl (C=O) groups excluding carboxylic acids is 2. The molecule has 2 aliphatic rings. The minimum absolute atomic E-state index is 0.0137. The van der Waals surface area contributed by atoms with E-state index < -0.39 is 41.8 Å². The summed E-state index contributed by atoms with van der Waals surface area (Å²) in [5.41, 5.74) is 1.11. The Balaban J connectivity index is 1.44. The van der Waals surface area contributed by atoms with Gasteiger partial charge in [-0.3, -0.25) is 9.80 Å². The Morgan fingerprint density at radius 1 is 0.842 bits per heavy atom. The van der Waals surface area contributed by atoms with E-state index in [1.165, 1.54) is 14.7 Å². The SMILES string of the molecule is CC(C)(OC(=O)N1[C@@H]2C=C[C@H]1CN(C(=O)N(c1ccccc1)c1ccccc1)[C@@H]2C(=O)O)c1ccccc1. The van der Waals surface area contributed by atoms with Crippen LogP contribution in [0.5, 0.6) is 0 Å². The third kappa shape index (κ3) is 4.61. The molecular formula is C30H29N3O5. The van der Waals surface area contributed by atoms with E-state index in [1.807, 2.05) is 66.7 Å². The van der Waals surface area contributed by atoms with Crippen LogP contribution in [-0.2, 0) is 15.1 Å². The highest BCUT2D eigenvalue weighted by atomic mass is 16.6. The number of rotatable bonds is 5. The molecule has 38 heavy (non-hydrogen) atoms. The van der Waals surface area contributed by atoms with Crippen LogP contribution in [0.25, 0.3) is 0 Å². The fourth-order valence-electron chi connectivity index (χ4n) is 5.11. The number of urea groups is 1. The quantitative estimate of drug-likeness (QED) is 0.464. The number of anilines is 2. The Hall–Kier alpha value is -4.59. The lowest BCUT2D eigenvalue weighted by Gasteiger charge is -2.46. The largest absolute Gasteiger partial charge is 0.480 e.